The molecular weight excluding hydrogens is 409 g/mol. The van der Waals surface area contributed by atoms with Crippen molar-refractivity contribution in [2.45, 2.75) is 32.0 Å². The Morgan fingerprint density at radius 3 is 2.81 bits per heavy atom. The van der Waals surface area contributed by atoms with Crippen molar-refractivity contribution < 1.29 is 17.9 Å². The summed E-state index contributed by atoms with van der Waals surface area (Å²) in [6, 6.07) is 2.74. The second kappa shape index (κ2) is 7.16. The molecular formula is C21H19F3N6O. The molecule has 1 atom stereocenters. The molecule has 10 heteroatoms. The third-order valence-corrected chi connectivity index (χ3v) is 5.63. The molecule has 0 amide bonds. The molecule has 1 aliphatic heterocycles. The number of alkyl halides is 1. The van der Waals surface area contributed by atoms with Crippen LogP contribution in [0.3, 0.4) is 0 Å². The van der Waals surface area contributed by atoms with Crippen LogP contribution in [0, 0.1) is 18.6 Å². The van der Waals surface area contributed by atoms with Crippen LogP contribution in [0.1, 0.15) is 17.8 Å². The van der Waals surface area contributed by atoms with Crippen molar-refractivity contribution in [2.75, 3.05) is 13.7 Å². The van der Waals surface area contributed by atoms with E-state index in [1.165, 1.54) is 25.4 Å². The van der Waals surface area contributed by atoms with Crippen LogP contribution < -0.4 is 0 Å². The molecule has 4 aromatic rings. The number of hydrogen-bond acceptors (Lipinski definition) is 5. The summed E-state index contributed by atoms with van der Waals surface area (Å²) < 4.78 is 50.8. The van der Waals surface area contributed by atoms with Crippen LogP contribution in [0.4, 0.5) is 13.2 Å². The molecule has 0 saturated heterocycles. The zero-order valence-electron chi connectivity index (χ0n) is 16.9. The van der Waals surface area contributed by atoms with Gasteiger partial charge in [-0.05, 0) is 31.9 Å². The van der Waals surface area contributed by atoms with Crippen LogP contribution in [-0.4, -0.2) is 49.3 Å². The zero-order valence-corrected chi connectivity index (χ0v) is 16.9. The van der Waals surface area contributed by atoms with Gasteiger partial charge in [-0.1, -0.05) is 0 Å². The summed E-state index contributed by atoms with van der Waals surface area (Å²) >= 11 is 0. The first-order valence-corrected chi connectivity index (χ1v) is 9.79. The number of aromatic amines is 1. The van der Waals surface area contributed by atoms with Gasteiger partial charge >= 0.3 is 0 Å². The van der Waals surface area contributed by atoms with E-state index in [2.05, 4.69) is 25.3 Å². The second-order valence-electron chi connectivity index (χ2n) is 7.79. The van der Waals surface area contributed by atoms with Crippen molar-refractivity contribution in [3.05, 3.63) is 47.5 Å². The molecule has 0 saturated carbocycles. The number of aromatic nitrogens is 6. The minimum absolute atomic E-state index is 0.0371. The lowest BCUT2D eigenvalue weighted by Crippen LogP contribution is -2.39. The van der Waals surface area contributed by atoms with Crippen LogP contribution in [0.5, 0.6) is 0 Å². The number of H-pyrrole nitrogens is 1. The smallest absolute Gasteiger partial charge is 0.156 e. The first-order valence-electron chi connectivity index (χ1n) is 9.79. The van der Waals surface area contributed by atoms with Crippen molar-refractivity contribution in [1.29, 1.82) is 0 Å². The van der Waals surface area contributed by atoms with Crippen LogP contribution in [0.15, 0.2) is 24.5 Å². The van der Waals surface area contributed by atoms with Crippen molar-refractivity contribution in [1.82, 2.24) is 29.9 Å². The maximum absolute atomic E-state index is 15.5. The Morgan fingerprint density at radius 2 is 2.06 bits per heavy atom. The predicted molar refractivity (Wildman–Crippen MR) is 107 cm³/mol. The zero-order chi connectivity index (χ0) is 21.8. The van der Waals surface area contributed by atoms with Gasteiger partial charge in [-0.15, -0.1) is 0 Å². The standard InChI is InChI=1S/C21H19F3N6O/c1-11-18(23)16(13-8-26-28-20(13)27-11)17-15-5-6-21(24,10-31-2)9-30(15)29-19(17)14-4-3-12(22)7-25-14/h3-4,7-8H,5-6,9-10H2,1-2H3,(H,26,27,28). The molecule has 1 aliphatic rings. The van der Waals surface area contributed by atoms with Gasteiger partial charge in [0.25, 0.3) is 0 Å². The summed E-state index contributed by atoms with van der Waals surface area (Å²) in [4.78, 5) is 8.36. The summed E-state index contributed by atoms with van der Waals surface area (Å²) in [5.41, 5.74) is 1.20. The molecule has 0 bridgehead atoms. The predicted octanol–water partition coefficient (Wildman–Crippen LogP) is 3.77. The molecule has 0 aromatic carbocycles. The molecule has 4 aromatic heterocycles. The highest BCUT2D eigenvalue weighted by Crippen LogP contribution is 2.42. The fourth-order valence-electron chi connectivity index (χ4n) is 4.21. The third-order valence-electron chi connectivity index (χ3n) is 5.63. The van der Waals surface area contributed by atoms with E-state index in [4.69, 9.17) is 4.74 Å². The highest BCUT2D eigenvalue weighted by molar-refractivity contribution is 5.97. The number of rotatable bonds is 4. The molecule has 0 spiro atoms. The number of halogens is 3. The molecule has 0 fully saturated rings. The van der Waals surface area contributed by atoms with Gasteiger partial charge in [-0.3, -0.25) is 14.8 Å². The summed E-state index contributed by atoms with van der Waals surface area (Å²) in [5, 5.41) is 11.8. The van der Waals surface area contributed by atoms with E-state index >= 15 is 8.78 Å². The Balaban J connectivity index is 1.80. The Morgan fingerprint density at radius 1 is 1.23 bits per heavy atom. The van der Waals surface area contributed by atoms with Crippen LogP contribution in [0.25, 0.3) is 33.5 Å². The van der Waals surface area contributed by atoms with Crippen molar-refractivity contribution in [3.8, 4) is 22.5 Å². The van der Waals surface area contributed by atoms with Crippen molar-refractivity contribution in [3.63, 3.8) is 0 Å². The Labute approximate surface area is 175 Å². The van der Waals surface area contributed by atoms with Crippen LogP contribution in [0.2, 0.25) is 0 Å². The van der Waals surface area contributed by atoms with E-state index in [0.717, 1.165) is 6.20 Å². The number of aryl methyl sites for hydroxylation is 1. The lowest BCUT2D eigenvalue weighted by atomic mass is 9.90. The first-order chi connectivity index (χ1) is 14.9. The van der Waals surface area contributed by atoms with Gasteiger partial charge in [-0.2, -0.15) is 10.2 Å². The fourth-order valence-corrected chi connectivity index (χ4v) is 4.21. The lowest BCUT2D eigenvalue weighted by molar-refractivity contribution is 0.0100. The molecule has 0 aliphatic carbocycles. The minimum atomic E-state index is -1.59. The van der Waals surface area contributed by atoms with Gasteiger partial charge in [0.15, 0.2) is 17.1 Å². The average molecular weight is 428 g/mol. The minimum Gasteiger partial charge on any atom is -0.381 e. The van der Waals surface area contributed by atoms with Crippen LogP contribution >= 0.6 is 0 Å². The van der Waals surface area contributed by atoms with Crippen LogP contribution in [-0.2, 0) is 17.7 Å². The molecule has 1 unspecified atom stereocenters. The van der Waals surface area contributed by atoms with E-state index in [9.17, 15) is 4.39 Å². The number of nitrogens with one attached hydrogen (secondary N) is 1. The summed E-state index contributed by atoms with van der Waals surface area (Å²) in [6.07, 6.45) is 3.10. The molecule has 1 N–H and O–H groups in total. The maximum Gasteiger partial charge on any atom is 0.156 e. The number of fused-ring (bicyclic) bond motifs is 2. The maximum atomic E-state index is 15.5. The SMILES string of the molecule is COCC1(F)CCc2c(-c3c(F)c(C)nc4[nH]ncc34)c(-c3ccc(F)cn3)nn2C1. The first kappa shape index (κ1) is 19.7. The second-order valence-corrected chi connectivity index (χ2v) is 7.79. The van der Waals surface area contributed by atoms with Gasteiger partial charge in [0.05, 0.1) is 36.9 Å². The normalized spacial score (nSPS) is 18.5. The Hall–Kier alpha value is -3.27. The summed E-state index contributed by atoms with van der Waals surface area (Å²) in [7, 11) is 1.45. The van der Waals surface area contributed by atoms with Gasteiger partial charge in [0.2, 0.25) is 0 Å². The molecule has 160 valence electrons. The highest BCUT2D eigenvalue weighted by atomic mass is 19.1. The van der Waals surface area contributed by atoms with E-state index in [-0.39, 0.29) is 30.8 Å². The number of ether oxygens (including phenoxy) is 1. The Bertz CT molecular complexity index is 1280. The monoisotopic (exact) mass is 428 g/mol. The van der Waals surface area contributed by atoms with E-state index in [1.54, 1.807) is 11.6 Å². The molecule has 5 rings (SSSR count). The summed E-state index contributed by atoms with van der Waals surface area (Å²) in [5.74, 6) is -1.01. The number of methoxy groups -OCH3 is 1. The van der Waals surface area contributed by atoms with E-state index in [0.29, 0.717) is 40.1 Å². The van der Waals surface area contributed by atoms with Crippen molar-refractivity contribution in [2.24, 2.45) is 0 Å². The third kappa shape index (κ3) is 3.18. The highest BCUT2D eigenvalue weighted by Gasteiger charge is 2.38. The van der Waals surface area contributed by atoms with Gasteiger partial charge in [-0.25, -0.2) is 18.2 Å². The topological polar surface area (TPSA) is 81.5 Å². The molecule has 31 heavy (non-hydrogen) atoms. The molecule has 5 heterocycles. The molecule has 0 radical (unpaired) electrons. The molecule has 7 nitrogen and oxygen atoms in total. The number of pyridine rings is 2. The number of hydrogen-bond donors (Lipinski definition) is 1. The van der Waals surface area contributed by atoms with Gasteiger partial charge in [0.1, 0.15) is 11.5 Å². The van der Waals surface area contributed by atoms with Gasteiger partial charge < -0.3 is 4.74 Å². The number of nitrogens with zero attached hydrogens (tertiary/aromatic N) is 5. The van der Waals surface area contributed by atoms with E-state index < -0.39 is 17.3 Å². The average Bonchev–Trinajstić information content (AvgIpc) is 3.33. The lowest BCUT2D eigenvalue weighted by Gasteiger charge is -2.30. The summed E-state index contributed by atoms with van der Waals surface area (Å²) in [6.45, 7) is 1.46. The van der Waals surface area contributed by atoms with E-state index in [1.807, 2.05) is 0 Å². The quantitative estimate of drug-likeness (QED) is 0.535. The van der Waals surface area contributed by atoms with Gasteiger partial charge in [0, 0.05) is 29.3 Å². The Kier molecular flexibility index (Phi) is 4.54. The fraction of sp³-hybridized carbons (Fsp3) is 0.333. The van der Waals surface area contributed by atoms with Crippen molar-refractivity contribution >= 4 is 11.0 Å². The largest absolute Gasteiger partial charge is 0.381 e.